The van der Waals surface area contributed by atoms with E-state index in [1.807, 2.05) is 30.3 Å². The summed E-state index contributed by atoms with van der Waals surface area (Å²) < 4.78 is 20.5. The third-order valence-electron chi connectivity index (χ3n) is 5.08. The van der Waals surface area contributed by atoms with Gasteiger partial charge in [0.15, 0.2) is 0 Å². The van der Waals surface area contributed by atoms with Gasteiger partial charge in [-0.25, -0.2) is 4.39 Å². The third-order valence-corrected chi connectivity index (χ3v) is 5.08. The Kier molecular flexibility index (Phi) is 5.20. The summed E-state index contributed by atoms with van der Waals surface area (Å²) in [7, 11) is 0. The lowest BCUT2D eigenvalue weighted by Gasteiger charge is -2.09. The minimum absolute atomic E-state index is 0.279. The fourth-order valence-corrected chi connectivity index (χ4v) is 3.55. The number of carbonyl (C=O) groups excluding carboxylic acids is 1. The Morgan fingerprint density at radius 2 is 1.61 bits per heavy atom. The van der Waals surface area contributed by atoms with E-state index in [9.17, 15) is 14.0 Å². The number of para-hydroxylation sites is 1. The van der Waals surface area contributed by atoms with Gasteiger partial charge >= 0.3 is 0 Å². The minimum Gasteiger partial charge on any atom is -0.457 e. The van der Waals surface area contributed by atoms with Crippen molar-refractivity contribution in [3.63, 3.8) is 0 Å². The van der Waals surface area contributed by atoms with Gasteiger partial charge in [0.25, 0.3) is 11.5 Å². The first-order valence-corrected chi connectivity index (χ1v) is 10.2. The SMILES string of the molecule is O=C(Nc1cccc(Oc2ccccc2)c1)c1cc2ccc(=O)n(-c3ccc(F)cc3)c2[nH]1. The number of amides is 1. The van der Waals surface area contributed by atoms with Crippen LogP contribution in [0.4, 0.5) is 10.1 Å². The number of nitrogens with one attached hydrogen (secondary N) is 2. The van der Waals surface area contributed by atoms with Crippen LogP contribution >= 0.6 is 0 Å². The zero-order valence-corrected chi connectivity index (χ0v) is 17.3. The smallest absolute Gasteiger partial charge is 0.272 e. The van der Waals surface area contributed by atoms with E-state index in [1.165, 1.54) is 34.9 Å². The Hall–Kier alpha value is -4.65. The molecule has 0 bridgehead atoms. The van der Waals surface area contributed by atoms with Crippen LogP contribution in [0.25, 0.3) is 16.7 Å². The number of nitrogens with zero attached hydrogens (tertiary/aromatic N) is 1. The first-order valence-electron chi connectivity index (χ1n) is 10.2. The molecule has 2 aromatic heterocycles. The maximum absolute atomic E-state index is 13.3. The number of H-pyrrole nitrogens is 1. The monoisotopic (exact) mass is 439 g/mol. The number of hydrogen-bond acceptors (Lipinski definition) is 3. The molecule has 2 heterocycles. The van der Waals surface area contributed by atoms with Crippen molar-refractivity contribution >= 4 is 22.6 Å². The van der Waals surface area contributed by atoms with Gasteiger partial charge in [0.1, 0.15) is 28.7 Å². The van der Waals surface area contributed by atoms with E-state index in [4.69, 9.17) is 4.74 Å². The van der Waals surface area contributed by atoms with E-state index < -0.39 is 5.82 Å². The normalized spacial score (nSPS) is 10.8. The number of rotatable bonds is 5. The van der Waals surface area contributed by atoms with E-state index in [0.717, 1.165) is 0 Å². The molecule has 0 aliphatic rings. The highest BCUT2D eigenvalue weighted by Crippen LogP contribution is 2.24. The molecule has 0 unspecified atom stereocenters. The van der Waals surface area contributed by atoms with Crippen molar-refractivity contribution in [3.8, 4) is 17.2 Å². The number of fused-ring (bicyclic) bond motifs is 1. The number of pyridine rings is 1. The second-order valence-corrected chi connectivity index (χ2v) is 7.37. The zero-order chi connectivity index (χ0) is 22.8. The number of ether oxygens (including phenoxy) is 1. The molecule has 162 valence electrons. The first-order chi connectivity index (χ1) is 16.1. The quantitative estimate of drug-likeness (QED) is 0.380. The van der Waals surface area contributed by atoms with Gasteiger partial charge in [-0.15, -0.1) is 0 Å². The number of halogens is 1. The number of aromatic amines is 1. The molecule has 5 rings (SSSR count). The molecule has 0 atom stereocenters. The third kappa shape index (κ3) is 4.24. The average Bonchev–Trinajstić information content (AvgIpc) is 3.25. The van der Waals surface area contributed by atoms with Gasteiger partial charge in [0.05, 0.1) is 5.69 Å². The summed E-state index contributed by atoms with van der Waals surface area (Å²) in [6.07, 6.45) is 0. The fourth-order valence-electron chi connectivity index (χ4n) is 3.55. The lowest BCUT2D eigenvalue weighted by Crippen LogP contribution is -2.17. The molecule has 0 aliphatic carbocycles. The molecule has 0 fully saturated rings. The molecule has 1 amide bonds. The molecule has 2 N–H and O–H groups in total. The fraction of sp³-hybridized carbons (Fsp3) is 0. The first kappa shape index (κ1) is 20.3. The van der Waals surface area contributed by atoms with Crippen LogP contribution in [0.15, 0.2) is 102 Å². The number of benzene rings is 3. The highest BCUT2D eigenvalue weighted by molar-refractivity contribution is 6.05. The largest absolute Gasteiger partial charge is 0.457 e. The maximum atomic E-state index is 13.3. The zero-order valence-electron chi connectivity index (χ0n) is 17.3. The van der Waals surface area contributed by atoms with Crippen LogP contribution in [-0.4, -0.2) is 15.5 Å². The Labute approximate surface area is 187 Å². The van der Waals surface area contributed by atoms with Crippen LogP contribution in [0.5, 0.6) is 11.5 Å². The lowest BCUT2D eigenvalue weighted by molar-refractivity contribution is 0.102. The molecule has 0 aliphatic heterocycles. The van der Waals surface area contributed by atoms with Gasteiger partial charge in [-0.2, -0.15) is 0 Å². The molecular formula is C26H18FN3O3. The molecule has 3 aromatic carbocycles. The van der Waals surface area contributed by atoms with Crippen LogP contribution < -0.4 is 15.6 Å². The van der Waals surface area contributed by atoms with E-state index in [1.54, 1.807) is 36.4 Å². The Morgan fingerprint density at radius 1 is 0.848 bits per heavy atom. The molecule has 0 saturated heterocycles. The van der Waals surface area contributed by atoms with Crippen molar-refractivity contribution in [2.24, 2.45) is 0 Å². The molecular weight excluding hydrogens is 421 g/mol. The van der Waals surface area contributed by atoms with Crippen molar-refractivity contribution in [2.75, 3.05) is 5.32 Å². The second kappa shape index (κ2) is 8.47. The highest BCUT2D eigenvalue weighted by Gasteiger charge is 2.14. The molecule has 33 heavy (non-hydrogen) atoms. The number of aromatic nitrogens is 2. The topological polar surface area (TPSA) is 76.1 Å². The summed E-state index contributed by atoms with van der Waals surface area (Å²) in [5.41, 5.74) is 1.48. The lowest BCUT2D eigenvalue weighted by atomic mass is 10.2. The van der Waals surface area contributed by atoms with Crippen molar-refractivity contribution < 1.29 is 13.9 Å². The van der Waals surface area contributed by atoms with Crippen molar-refractivity contribution in [2.45, 2.75) is 0 Å². The van der Waals surface area contributed by atoms with E-state index in [2.05, 4.69) is 10.3 Å². The Bertz CT molecular complexity index is 1510. The molecule has 6 nitrogen and oxygen atoms in total. The summed E-state index contributed by atoms with van der Waals surface area (Å²) >= 11 is 0. The van der Waals surface area contributed by atoms with E-state index in [0.29, 0.717) is 33.9 Å². The van der Waals surface area contributed by atoms with Crippen LogP contribution in [0.1, 0.15) is 10.5 Å². The van der Waals surface area contributed by atoms with Crippen LogP contribution in [0, 0.1) is 5.82 Å². The van der Waals surface area contributed by atoms with Gasteiger partial charge in [0, 0.05) is 23.2 Å². The number of hydrogen-bond donors (Lipinski definition) is 2. The predicted molar refractivity (Wildman–Crippen MR) is 125 cm³/mol. The summed E-state index contributed by atoms with van der Waals surface area (Å²) in [6.45, 7) is 0. The summed E-state index contributed by atoms with van der Waals surface area (Å²) in [4.78, 5) is 28.4. The predicted octanol–water partition coefficient (Wildman–Crippen LogP) is 5.50. The minimum atomic E-state index is -0.399. The number of carbonyl (C=O) groups is 1. The summed E-state index contributed by atoms with van der Waals surface area (Å²) in [6, 6.07) is 26.7. The van der Waals surface area contributed by atoms with E-state index in [-0.39, 0.29) is 17.2 Å². The van der Waals surface area contributed by atoms with Gasteiger partial charge in [-0.3, -0.25) is 14.2 Å². The Balaban J connectivity index is 1.43. The summed E-state index contributed by atoms with van der Waals surface area (Å²) in [5.74, 6) is 0.501. The Morgan fingerprint density at radius 3 is 2.39 bits per heavy atom. The van der Waals surface area contributed by atoms with Gasteiger partial charge in [0.2, 0.25) is 0 Å². The standard InChI is InChI=1S/C26H18FN3O3/c27-18-10-12-20(13-11-18)30-24(31)14-9-17-15-23(29-25(17)30)26(32)28-19-5-4-8-22(16-19)33-21-6-2-1-3-7-21/h1-16,29H,(H,28,32). The molecule has 0 spiro atoms. The molecule has 0 saturated carbocycles. The molecule has 5 aromatic rings. The van der Waals surface area contributed by atoms with Crippen LogP contribution in [0.3, 0.4) is 0 Å². The number of anilines is 1. The van der Waals surface area contributed by atoms with Crippen LogP contribution in [0.2, 0.25) is 0 Å². The van der Waals surface area contributed by atoms with E-state index >= 15 is 0 Å². The van der Waals surface area contributed by atoms with Crippen molar-refractivity contribution in [3.05, 3.63) is 119 Å². The van der Waals surface area contributed by atoms with Gasteiger partial charge in [-0.05, 0) is 60.7 Å². The van der Waals surface area contributed by atoms with Crippen molar-refractivity contribution in [1.29, 1.82) is 0 Å². The average molecular weight is 439 g/mol. The van der Waals surface area contributed by atoms with Crippen LogP contribution in [-0.2, 0) is 0 Å². The van der Waals surface area contributed by atoms with Crippen molar-refractivity contribution in [1.82, 2.24) is 9.55 Å². The maximum Gasteiger partial charge on any atom is 0.272 e. The van der Waals surface area contributed by atoms with Gasteiger partial charge in [-0.1, -0.05) is 24.3 Å². The molecule has 0 radical (unpaired) electrons. The second-order valence-electron chi connectivity index (χ2n) is 7.37. The van der Waals surface area contributed by atoms with Gasteiger partial charge < -0.3 is 15.0 Å². The highest BCUT2D eigenvalue weighted by atomic mass is 19.1. The summed E-state index contributed by atoms with van der Waals surface area (Å²) in [5, 5.41) is 3.51. The molecule has 7 heteroatoms.